The van der Waals surface area contributed by atoms with Crippen LogP contribution in [0.2, 0.25) is 0 Å². The molecule has 23 heavy (non-hydrogen) atoms. The van der Waals surface area contributed by atoms with Gasteiger partial charge in [0.15, 0.2) is 0 Å². The van der Waals surface area contributed by atoms with E-state index in [-0.39, 0.29) is 0 Å². The number of nitrogens with zero attached hydrogens (tertiary/aromatic N) is 3. The van der Waals surface area contributed by atoms with Gasteiger partial charge in [-0.1, -0.05) is 0 Å². The third-order valence-corrected chi connectivity index (χ3v) is 4.62. The van der Waals surface area contributed by atoms with Gasteiger partial charge in [-0.3, -0.25) is 4.90 Å². The van der Waals surface area contributed by atoms with Gasteiger partial charge in [0, 0.05) is 50.8 Å². The van der Waals surface area contributed by atoms with Crippen molar-refractivity contribution in [3.63, 3.8) is 0 Å². The Labute approximate surface area is 139 Å². The third kappa shape index (κ3) is 4.52. The average Bonchev–Trinajstić information content (AvgIpc) is 3.13. The van der Waals surface area contributed by atoms with E-state index in [9.17, 15) is 0 Å². The fourth-order valence-electron chi connectivity index (χ4n) is 3.17. The first-order chi connectivity index (χ1) is 11.3. The summed E-state index contributed by atoms with van der Waals surface area (Å²) < 4.78 is 7.49. The van der Waals surface area contributed by atoms with Gasteiger partial charge in [-0.25, -0.2) is 0 Å². The van der Waals surface area contributed by atoms with Crippen molar-refractivity contribution in [2.75, 3.05) is 44.7 Å². The second-order valence-electron chi connectivity index (χ2n) is 6.15. The van der Waals surface area contributed by atoms with Crippen LogP contribution < -0.4 is 9.64 Å². The molecule has 0 N–H and O–H groups in total. The molecule has 1 aromatic carbocycles. The number of benzene rings is 1. The number of methoxy groups -OCH3 is 1. The number of aryl methyl sites for hydroxylation is 1. The SMILES string of the molecule is COc1ccc(N2CCN(CCCCn3cccc3)CC2)cc1. The minimum atomic E-state index is 0.926. The van der Waals surface area contributed by atoms with E-state index < -0.39 is 0 Å². The maximum absolute atomic E-state index is 5.23. The molecule has 0 saturated carbocycles. The molecule has 1 aliphatic heterocycles. The van der Waals surface area contributed by atoms with Gasteiger partial charge in [0.2, 0.25) is 0 Å². The van der Waals surface area contributed by atoms with Crippen LogP contribution in [0.3, 0.4) is 0 Å². The third-order valence-electron chi connectivity index (χ3n) is 4.62. The molecular weight excluding hydrogens is 286 g/mol. The molecule has 0 radical (unpaired) electrons. The molecule has 124 valence electrons. The van der Waals surface area contributed by atoms with Crippen molar-refractivity contribution in [1.82, 2.24) is 9.47 Å². The Kier molecular flexibility index (Phi) is 5.59. The van der Waals surface area contributed by atoms with Crippen molar-refractivity contribution in [2.45, 2.75) is 19.4 Å². The minimum absolute atomic E-state index is 0.926. The summed E-state index contributed by atoms with van der Waals surface area (Å²) in [6, 6.07) is 12.6. The summed E-state index contributed by atoms with van der Waals surface area (Å²) in [5.74, 6) is 0.926. The first kappa shape index (κ1) is 15.9. The predicted molar refractivity (Wildman–Crippen MR) is 95.3 cm³/mol. The van der Waals surface area contributed by atoms with E-state index in [1.54, 1.807) is 7.11 Å². The molecule has 0 aliphatic carbocycles. The average molecular weight is 313 g/mol. The molecule has 4 heteroatoms. The van der Waals surface area contributed by atoms with Gasteiger partial charge in [0.25, 0.3) is 0 Å². The van der Waals surface area contributed by atoms with Crippen molar-refractivity contribution >= 4 is 5.69 Å². The van der Waals surface area contributed by atoms with E-state index in [1.807, 2.05) is 12.1 Å². The number of aromatic nitrogens is 1. The Morgan fingerprint density at radius 2 is 1.52 bits per heavy atom. The highest BCUT2D eigenvalue weighted by molar-refractivity contribution is 5.49. The lowest BCUT2D eigenvalue weighted by Gasteiger charge is -2.36. The lowest BCUT2D eigenvalue weighted by molar-refractivity contribution is 0.251. The van der Waals surface area contributed by atoms with Crippen molar-refractivity contribution in [2.24, 2.45) is 0 Å². The van der Waals surface area contributed by atoms with Gasteiger partial charge < -0.3 is 14.2 Å². The first-order valence-corrected chi connectivity index (χ1v) is 8.57. The molecule has 4 nitrogen and oxygen atoms in total. The Morgan fingerprint density at radius 1 is 0.870 bits per heavy atom. The summed E-state index contributed by atoms with van der Waals surface area (Å²) in [4.78, 5) is 5.06. The Bertz CT molecular complexity index is 557. The van der Waals surface area contributed by atoms with E-state index in [4.69, 9.17) is 4.74 Å². The maximum atomic E-state index is 5.23. The van der Waals surface area contributed by atoms with Crippen LogP contribution in [0.25, 0.3) is 0 Å². The molecule has 2 aromatic rings. The molecule has 0 bridgehead atoms. The highest BCUT2D eigenvalue weighted by atomic mass is 16.5. The van der Waals surface area contributed by atoms with Crippen LogP contribution in [0.1, 0.15) is 12.8 Å². The maximum Gasteiger partial charge on any atom is 0.119 e. The van der Waals surface area contributed by atoms with Crippen LogP contribution in [0.5, 0.6) is 5.75 Å². The molecule has 1 saturated heterocycles. The molecule has 1 aromatic heterocycles. The molecule has 1 aliphatic rings. The zero-order valence-electron chi connectivity index (χ0n) is 14.0. The standard InChI is InChI=1S/C19H27N3O/c1-23-19-8-6-18(7-9-19)22-16-14-21(15-17-22)13-5-4-12-20-10-2-3-11-20/h2-3,6-11H,4-5,12-17H2,1H3. The van der Waals surface area contributed by atoms with Crippen molar-refractivity contribution in [3.05, 3.63) is 48.8 Å². The van der Waals surface area contributed by atoms with Crippen LogP contribution in [0.15, 0.2) is 48.8 Å². The Hall–Kier alpha value is -1.94. The second-order valence-corrected chi connectivity index (χ2v) is 6.15. The summed E-state index contributed by atoms with van der Waals surface area (Å²) >= 11 is 0. The lowest BCUT2D eigenvalue weighted by atomic mass is 10.2. The lowest BCUT2D eigenvalue weighted by Crippen LogP contribution is -2.46. The molecule has 0 amide bonds. The number of hydrogen-bond acceptors (Lipinski definition) is 3. The molecule has 0 atom stereocenters. The van der Waals surface area contributed by atoms with Gasteiger partial charge in [-0.05, 0) is 55.8 Å². The largest absolute Gasteiger partial charge is 0.497 e. The van der Waals surface area contributed by atoms with Crippen LogP contribution >= 0.6 is 0 Å². The summed E-state index contributed by atoms with van der Waals surface area (Å²) in [7, 11) is 1.71. The number of unbranched alkanes of at least 4 members (excludes halogenated alkanes) is 1. The Balaban J connectivity index is 1.36. The van der Waals surface area contributed by atoms with E-state index >= 15 is 0 Å². The number of piperazine rings is 1. The summed E-state index contributed by atoms with van der Waals surface area (Å²) in [5, 5.41) is 0. The van der Waals surface area contributed by atoms with Crippen LogP contribution in [-0.2, 0) is 6.54 Å². The van der Waals surface area contributed by atoms with Crippen molar-refractivity contribution < 1.29 is 4.74 Å². The number of rotatable bonds is 7. The molecular formula is C19H27N3O. The van der Waals surface area contributed by atoms with Crippen molar-refractivity contribution in [1.29, 1.82) is 0 Å². The highest BCUT2D eigenvalue weighted by Gasteiger charge is 2.16. The fraction of sp³-hybridized carbons (Fsp3) is 0.474. The van der Waals surface area contributed by atoms with Crippen molar-refractivity contribution in [3.8, 4) is 5.75 Å². The minimum Gasteiger partial charge on any atom is -0.497 e. The molecule has 0 spiro atoms. The number of anilines is 1. The quantitative estimate of drug-likeness (QED) is 0.733. The number of hydrogen-bond donors (Lipinski definition) is 0. The van der Waals surface area contributed by atoms with Crippen LogP contribution in [0.4, 0.5) is 5.69 Å². The summed E-state index contributed by atoms with van der Waals surface area (Å²) in [6.45, 7) is 6.91. The summed E-state index contributed by atoms with van der Waals surface area (Å²) in [5.41, 5.74) is 1.30. The predicted octanol–water partition coefficient (Wildman–Crippen LogP) is 3.10. The van der Waals surface area contributed by atoms with Gasteiger partial charge in [-0.15, -0.1) is 0 Å². The Morgan fingerprint density at radius 3 is 2.17 bits per heavy atom. The monoisotopic (exact) mass is 313 g/mol. The zero-order chi connectivity index (χ0) is 15.9. The normalized spacial score (nSPS) is 15.8. The van der Waals surface area contributed by atoms with E-state index in [0.717, 1.165) is 38.5 Å². The van der Waals surface area contributed by atoms with Gasteiger partial charge >= 0.3 is 0 Å². The van der Waals surface area contributed by atoms with Gasteiger partial charge in [0.1, 0.15) is 5.75 Å². The van der Waals surface area contributed by atoms with E-state index in [0.29, 0.717) is 0 Å². The molecule has 1 fully saturated rings. The highest BCUT2D eigenvalue weighted by Crippen LogP contribution is 2.20. The zero-order valence-corrected chi connectivity index (χ0v) is 14.0. The van der Waals surface area contributed by atoms with Gasteiger partial charge in [0.05, 0.1) is 7.11 Å². The van der Waals surface area contributed by atoms with Crippen LogP contribution in [-0.4, -0.2) is 49.3 Å². The topological polar surface area (TPSA) is 20.6 Å². The summed E-state index contributed by atoms with van der Waals surface area (Å²) in [6.07, 6.45) is 6.83. The fourth-order valence-corrected chi connectivity index (χ4v) is 3.17. The van der Waals surface area contributed by atoms with E-state index in [2.05, 4.69) is 51.0 Å². The number of ether oxygens (including phenoxy) is 1. The van der Waals surface area contributed by atoms with E-state index in [1.165, 1.54) is 25.1 Å². The molecule has 2 heterocycles. The smallest absolute Gasteiger partial charge is 0.119 e. The first-order valence-electron chi connectivity index (χ1n) is 8.57. The van der Waals surface area contributed by atoms with Gasteiger partial charge in [-0.2, -0.15) is 0 Å². The second kappa shape index (κ2) is 8.06. The molecule has 0 unspecified atom stereocenters. The van der Waals surface area contributed by atoms with Crippen LogP contribution in [0, 0.1) is 0 Å². The molecule has 3 rings (SSSR count).